The van der Waals surface area contributed by atoms with Crippen molar-refractivity contribution in [3.63, 3.8) is 0 Å². The molecule has 2 aliphatic rings. The van der Waals surface area contributed by atoms with Gasteiger partial charge < -0.3 is 19.4 Å². The van der Waals surface area contributed by atoms with Crippen molar-refractivity contribution in [2.45, 2.75) is 31.7 Å². The molecule has 0 unspecified atom stereocenters. The highest BCUT2D eigenvalue weighted by molar-refractivity contribution is 7.17. The minimum absolute atomic E-state index is 0.0406. The van der Waals surface area contributed by atoms with Crippen LogP contribution in [-0.4, -0.2) is 40.8 Å². The van der Waals surface area contributed by atoms with Crippen molar-refractivity contribution >= 4 is 50.2 Å². The maximum absolute atomic E-state index is 13.2. The van der Waals surface area contributed by atoms with Gasteiger partial charge in [-0.15, -0.1) is 17.8 Å². The lowest BCUT2D eigenvalue weighted by molar-refractivity contribution is 0.121. The number of nitrogens with one attached hydrogen (secondary N) is 1. The molecule has 5 heterocycles. The van der Waals surface area contributed by atoms with Crippen LogP contribution >= 0.6 is 11.3 Å². The largest absolute Gasteiger partial charge is 0.439 e. The van der Waals surface area contributed by atoms with E-state index in [4.69, 9.17) is 20.6 Å². The molecule has 10 heteroatoms. The summed E-state index contributed by atoms with van der Waals surface area (Å²) in [6.45, 7) is 2.59. The summed E-state index contributed by atoms with van der Waals surface area (Å²) in [6.07, 6.45) is 11.4. The molecule has 1 saturated heterocycles. The third kappa shape index (κ3) is 4.67. The van der Waals surface area contributed by atoms with E-state index >= 15 is 0 Å². The van der Waals surface area contributed by atoms with Crippen molar-refractivity contribution in [3.8, 4) is 23.5 Å². The lowest BCUT2D eigenvalue weighted by atomic mass is 10.1. The van der Waals surface area contributed by atoms with Crippen molar-refractivity contribution in [1.82, 2.24) is 14.5 Å². The predicted molar refractivity (Wildman–Crippen MR) is 161 cm³/mol. The summed E-state index contributed by atoms with van der Waals surface area (Å²) < 4.78 is 14.1. The molecule has 41 heavy (non-hydrogen) atoms. The zero-order chi connectivity index (χ0) is 27.9. The third-order valence-corrected chi connectivity index (χ3v) is 8.80. The zero-order valence-corrected chi connectivity index (χ0v) is 23.1. The van der Waals surface area contributed by atoms with Gasteiger partial charge in [0, 0.05) is 53.4 Å². The van der Waals surface area contributed by atoms with E-state index in [1.165, 1.54) is 11.3 Å². The summed E-state index contributed by atoms with van der Waals surface area (Å²) in [4.78, 5) is 37.3. The molecule has 0 bridgehead atoms. The third-order valence-electron chi connectivity index (χ3n) is 7.82. The van der Waals surface area contributed by atoms with Crippen LogP contribution in [0.15, 0.2) is 62.0 Å². The second-order valence-corrected chi connectivity index (χ2v) is 11.2. The summed E-state index contributed by atoms with van der Waals surface area (Å²) >= 11 is 1.39. The molecule has 1 saturated carbocycles. The van der Waals surface area contributed by atoms with E-state index in [1.807, 2.05) is 34.5 Å². The summed E-state index contributed by atoms with van der Waals surface area (Å²) in [5.41, 5.74) is 3.89. The quantitative estimate of drug-likeness (QED) is 0.286. The van der Waals surface area contributed by atoms with Gasteiger partial charge in [-0.2, -0.15) is 4.98 Å². The molecule has 4 aromatic heterocycles. The lowest BCUT2D eigenvalue weighted by Gasteiger charge is -2.27. The standard InChI is InChI=1S/C31H27N5O4S/c1-2-19-15-21-17-32-31(34-29(21)36(30(19)38)23-5-3-4-6-23)33-22-9-7-20(8-10-22)24-18-41-28-25(37)16-26(40-27(24)28)35-11-13-39-14-12-35/h1,7-10,15-18,23H,3-6,11-14H2,(H,32,33,34). The first kappa shape index (κ1) is 25.5. The first-order valence-corrected chi connectivity index (χ1v) is 14.6. The SMILES string of the molecule is C#Cc1cc2cnc(Nc3ccc(-c4csc5c(=O)cc(N6CCOCC6)oc45)cc3)nc2n(C2CCCC2)c1=O. The molecule has 9 nitrogen and oxygen atoms in total. The van der Waals surface area contributed by atoms with Crippen LogP contribution in [0, 0.1) is 12.3 Å². The monoisotopic (exact) mass is 565 g/mol. The summed E-state index contributed by atoms with van der Waals surface area (Å²) in [5, 5.41) is 5.97. The van der Waals surface area contributed by atoms with Gasteiger partial charge in [0.15, 0.2) is 11.5 Å². The van der Waals surface area contributed by atoms with E-state index in [0.717, 1.165) is 47.9 Å². The molecule has 0 atom stereocenters. The average Bonchev–Trinajstić information content (AvgIpc) is 3.69. The predicted octanol–water partition coefficient (Wildman–Crippen LogP) is 5.30. The Labute approximate surface area is 239 Å². The Hall–Kier alpha value is -4.46. The normalized spacial score (nSPS) is 15.9. The maximum atomic E-state index is 13.2. The lowest BCUT2D eigenvalue weighted by Crippen LogP contribution is -2.36. The number of hydrogen-bond donors (Lipinski definition) is 1. The highest BCUT2D eigenvalue weighted by atomic mass is 32.1. The van der Waals surface area contributed by atoms with Crippen LogP contribution in [0.3, 0.4) is 0 Å². The molecule has 2 fully saturated rings. The van der Waals surface area contributed by atoms with Crippen molar-refractivity contribution < 1.29 is 9.15 Å². The highest BCUT2D eigenvalue weighted by Crippen LogP contribution is 2.35. The fourth-order valence-corrected chi connectivity index (χ4v) is 6.63. The molecule has 5 aromatic rings. The molecule has 0 spiro atoms. The van der Waals surface area contributed by atoms with Gasteiger partial charge in [-0.3, -0.25) is 14.2 Å². The molecule has 206 valence electrons. The Morgan fingerprint density at radius 2 is 1.85 bits per heavy atom. The van der Waals surface area contributed by atoms with Crippen LogP contribution in [0.25, 0.3) is 32.4 Å². The van der Waals surface area contributed by atoms with Gasteiger partial charge in [-0.05, 0) is 36.6 Å². The number of thiophene rings is 1. The Balaban J connectivity index is 1.19. The molecular formula is C31H27N5O4S. The van der Waals surface area contributed by atoms with Gasteiger partial charge in [0.05, 0.1) is 18.8 Å². The molecular weight excluding hydrogens is 538 g/mol. The fourth-order valence-electron chi connectivity index (χ4n) is 5.72. The molecule has 1 N–H and O–H groups in total. The first-order chi connectivity index (χ1) is 20.1. The average molecular weight is 566 g/mol. The molecule has 1 aliphatic carbocycles. The molecule has 0 radical (unpaired) electrons. The molecule has 7 rings (SSSR count). The van der Waals surface area contributed by atoms with Crippen LogP contribution in [0.2, 0.25) is 0 Å². The Morgan fingerprint density at radius 3 is 2.61 bits per heavy atom. The van der Waals surface area contributed by atoms with Crippen molar-refractivity contribution in [1.29, 1.82) is 0 Å². The number of pyridine rings is 1. The minimum Gasteiger partial charge on any atom is -0.439 e. The number of terminal acetylenes is 1. The number of aromatic nitrogens is 3. The van der Waals surface area contributed by atoms with E-state index < -0.39 is 0 Å². The van der Waals surface area contributed by atoms with Crippen molar-refractivity contribution in [3.05, 3.63) is 74.1 Å². The number of ether oxygens (including phenoxy) is 1. The zero-order valence-electron chi connectivity index (χ0n) is 22.3. The van der Waals surface area contributed by atoms with Gasteiger partial charge in [0.2, 0.25) is 11.4 Å². The number of morpholine rings is 1. The summed E-state index contributed by atoms with van der Waals surface area (Å²) in [6, 6.07) is 11.2. The van der Waals surface area contributed by atoms with Gasteiger partial charge in [-0.1, -0.05) is 30.9 Å². The van der Waals surface area contributed by atoms with E-state index in [0.29, 0.717) is 59.6 Å². The molecule has 1 aromatic carbocycles. The molecule has 1 aliphatic heterocycles. The fraction of sp³-hybridized carbons (Fsp3) is 0.290. The minimum atomic E-state index is -0.174. The number of nitrogens with zero attached hydrogens (tertiary/aromatic N) is 4. The van der Waals surface area contributed by atoms with Gasteiger partial charge in [-0.25, -0.2) is 4.98 Å². The number of rotatable bonds is 5. The number of anilines is 3. The first-order valence-electron chi connectivity index (χ1n) is 13.7. The number of fused-ring (bicyclic) bond motifs is 2. The van der Waals surface area contributed by atoms with Crippen LogP contribution in [0.5, 0.6) is 0 Å². The summed E-state index contributed by atoms with van der Waals surface area (Å²) in [5.74, 6) is 3.49. The summed E-state index contributed by atoms with van der Waals surface area (Å²) in [7, 11) is 0. The van der Waals surface area contributed by atoms with Crippen LogP contribution in [-0.2, 0) is 4.74 Å². The number of benzene rings is 1. The van der Waals surface area contributed by atoms with Gasteiger partial charge in [0.1, 0.15) is 10.3 Å². The Morgan fingerprint density at radius 1 is 1.07 bits per heavy atom. The van der Waals surface area contributed by atoms with Crippen LogP contribution in [0.1, 0.15) is 37.3 Å². The molecule has 0 amide bonds. The smallest absolute Gasteiger partial charge is 0.268 e. The van der Waals surface area contributed by atoms with Gasteiger partial charge >= 0.3 is 0 Å². The second kappa shape index (κ2) is 10.5. The topological polar surface area (TPSA) is 102 Å². The van der Waals surface area contributed by atoms with E-state index in [-0.39, 0.29) is 17.0 Å². The van der Waals surface area contributed by atoms with E-state index in [9.17, 15) is 9.59 Å². The van der Waals surface area contributed by atoms with Crippen molar-refractivity contribution in [2.75, 3.05) is 36.5 Å². The Kier molecular flexibility index (Phi) is 6.53. The van der Waals surface area contributed by atoms with Crippen LogP contribution in [0.4, 0.5) is 17.5 Å². The maximum Gasteiger partial charge on any atom is 0.268 e. The second-order valence-electron chi connectivity index (χ2n) is 10.3. The van der Waals surface area contributed by atoms with Crippen LogP contribution < -0.4 is 21.2 Å². The van der Waals surface area contributed by atoms with E-state index in [2.05, 4.69) is 16.2 Å². The van der Waals surface area contributed by atoms with Crippen molar-refractivity contribution in [2.24, 2.45) is 0 Å². The highest BCUT2D eigenvalue weighted by Gasteiger charge is 2.23. The Bertz CT molecular complexity index is 1920. The van der Waals surface area contributed by atoms with Gasteiger partial charge in [0.25, 0.3) is 5.56 Å². The number of hydrogen-bond acceptors (Lipinski definition) is 9. The van der Waals surface area contributed by atoms with E-state index in [1.54, 1.807) is 22.9 Å².